The molecule has 0 aliphatic carbocycles. The lowest BCUT2D eigenvalue weighted by Crippen LogP contribution is -2.18. The van der Waals surface area contributed by atoms with E-state index in [1.807, 2.05) is 6.92 Å². The average Bonchev–Trinajstić information content (AvgIpc) is 2.87. The first-order chi connectivity index (χ1) is 11.6. The number of thiazole rings is 1. The number of aryl methyl sites for hydroxylation is 2. The second-order valence-electron chi connectivity index (χ2n) is 4.62. The van der Waals surface area contributed by atoms with Crippen molar-refractivity contribution in [3.05, 3.63) is 41.8 Å². The molecule has 1 amide bonds. The molecule has 24 heavy (non-hydrogen) atoms. The van der Waals surface area contributed by atoms with Gasteiger partial charge in [-0.25, -0.2) is 29.7 Å². The predicted octanol–water partition coefficient (Wildman–Crippen LogP) is 2.69. The van der Waals surface area contributed by atoms with E-state index in [0.29, 0.717) is 22.3 Å². The number of carbonyl (C=O) groups is 1. The molecule has 0 saturated carbocycles. The lowest BCUT2D eigenvalue weighted by Gasteiger charge is -2.07. The van der Waals surface area contributed by atoms with Gasteiger partial charge in [0.1, 0.15) is 18.0 Å². The Kier molecular flexibility index (Phi) is 4.57. The molecule has 3 rings (SSSR count). The molecule has 0 radical (unpaired) electrons. The molecular formula is C14H13N7O2S. The van der Waals surface area contributed by atoms with Crippen molar-refractivity contribution in [1.29, 1.82) is 0 Å². The van der Waals surface area contributed by atoms with Crippen LogP contribution in [-0.2, 0) is 0 Å². The van der Waals surface area contributed by atoms with E-state index >= 15 is 0 Å². The predicted molar refractivity (Wildman–Crippen MR) is 88.6 cm³/mol. The SMILES string of the molecule is Cc1nccc(NC(=O)Oc2nc(C)sc2Nc2cncnc2)n1. The minimum Gasteiger partial charge on any atom is -0.388 e. The maximum absolute atomic E-state index is 12.0. The van der Waals surface area contributed by atoms with Crippen LogP contribution in [0.25, 0.3) is 0 Å². The molecule has 0 aliphatic heterocycles. The van der Waals surface area contributed by atoms with Gasteiger partial charge < -0.3 is 10.1 Å². The van der Waals surface area contributed by atoms with Crippen LogP contribution < -0.4 is 15.4 Å². The van der Waals surface area contributed by atoms with E-state index in [1.54, 1.807) is 31.6 Å². The fourth-order valence-electron chi connectivity index (χ4n) is 1.79. The molecule has 0 atom stereocenters. The summed E-state index contributed by atoms with van der Waals surface area (Å²) in [5.41, 5.74) is 0.665. The number of hydrogen-bond acceptors (Lipinski definition) is 9. The van der Waals surface area contributed by atoms with Crippen molar-refractivity contribution in [2.75, 3.05) is 10.6 Å². The highest BCUT2D eigenvalue weighted by Gasteiger charge is 2.15. The van der Waals surface area contributed by atoms with Crippen LogP contribution in [0.2, 0.25) is 0 Å². The summed E-state index contributed by atoms with van der Waals surface area (Å²) in [7, 11) is 0. The number of rotatable bonds is 4. The highest BCUT2D eigenvalue weighted by Crippen LogP contribution is 2.33. The number of carbonyl (C=O) groups excluding carboxylic acids is 1. The molecule has 10 heteroatoms. The summed E-state index contributed by atoms with van der Waals surface area (Å²) in [4.78, 5) is 32.1. The molecule has 9 nitrogen and oxygen atoms in total. The first-order valence-corrected chi connectivity index (χ1v) is 7.70. The second-order valence-corrected chi connectivity index (χ2v) is 5.83. The number of nitrogens with zero attached hydrogens (tertiary/aromatic N) is 5. The first kappa shape index (κ1) is 15.7. The number of ether oxygens (including phenoxy) is 1. The van der Waals surface area contributed by atoms with E-state index in [-0.39, 0.29) is 5.88 Å². The van der Waals surface area contributed by atoms with Gasteiger partial charge in [0.15, 0.2) is 5.00 Å². The smallest absolute Gasteiger partial charge is 0.388 e. The van der Waals surface area contributed by atoms with E-state index in [0.717, 1.165) is 5.01 Å². The molecule has 0 fully saturated rings. The lowest BCUT2D eigenvalue weighted by molar-refractivity contribution is 0.213. The van der Waals surface area contributed by atoms with Crippen molar-refractivity contribution in [2.24, 2.45) is 0 Å². The van der Waals surface area contributed by atoms with Crippen LogP contribution in [0.1, 0.15) is 10.8 Å². The van der Waals surface area contributed by atoms with Gasteiger partial charge in [0.05, 0.1) is 23.1 Å². The zero-order valence-electron chi connectivity index (χ0n) is 12.8. The standard InChI is InChI=1S/C14H13N7O2S/c1-8-17-4-3-11(18-8)21-14(22)23-12-13(24-9(2)19-12)20-10-5-15-7-16-6-10/h3-7,20H,1-2H3,(H,17,18,21,22). The summed E-state index contributed by atoms with van der Waals surface area (Å²) < 4.78 is 5.27. The van der Waals surface area contributed by atoms with Gasteiger partial charge in [0.2, 0.25) is 0 Å². The second kappa shape index (κ2) is 6.96. The Morgan fingerprint density at radius 3 is 2.75 bits per heavy atom. The molecule has 0 bridgehead atoms. The molecule has 0 saturated heterocycles. The van der Waals surface area contributed by atoms with Crippen molar-refractivity contribution in [3.8, 4) is 5.88 Å². The Morgan fingerprint density at radius 2 is 2.00 bits per heavy atom. The van der Waals surface area contributed by atoms with Crippen LogP contribution >= 0.6 is 11.3 Å². The zero-order valence-corrected chi connectivity index (χ0v) is 13.7. The summed E-state index contributed by atoms with van der Waals surface area (Å²) in [6, 6.07) is 1.57. The average molecular weight is 343 g/mol. The Morgan fingerprint density at radius 1 is 1.21 bits per heavy atom. The van der Waals surface area contributed by atoms with E-state index in [2.05, 4.69) is 35.6 Å². The van der Waals surface area contributed by atoms with Crippen LogP contribution in [0, 0.1) is 13.8 Å². The fourth-order valence-corrected chi connectivity index (χ4v) is 2.56. The van der Waals surface area contributed by atoms with Gasteiger partial charge in [0.25, 0.3) is 5.88 Å². The summed E-state index contributed by atoms with van der Waals surface area (Å²) in [5, 5.41) is 6.93. The Bertz CT molecular complexity index is 853. The fraction of sp³-hybridized carbons (Fsp3) is 0.143. The van der Waals surface area contributed by atoms with Gasteiger partial charge in [-0.3, -0.25) is 5.32 Å². The molecule has 3 aromatic heterocycles. The Hall–Kier alpha value is -3.14. The summed E-state index contributed by atoms with van der Waals surface area (Å²) in [6.07, 6.45) is 5.50. The number of aromatic nitrogens is 5. The highest BCUT2D eigenvalue weighted by atomic mass is 32.1. The Labute approximate surface area is 141 Å². The van der Waals surface area contributed by atoms with Crippen molar-refractivity contribution >= 4 is 33.9 Å². The monoisotopic (exact) mass is 343 g/mol. The molecule has 0 aromatic carbocycles. The van der Waals surface area contributed by atoms with Crippen molar-refractivity contribution in [1.82, 2.24) is 24.9 Å². The zero-order chi connectivity index (χ0) is 16.9. The van der Waals surface area contributed by atoms with Gasteiger partial charge in [-0.2, -0.15) is 0 Å². The van der Waals surface area contributed by atoms with E-state index in [9.17, 15) is 4.79 Å². The number of anilines is 3. The van der Waals surface area contributed by atoms with Crippen LogP contribution in [0.15, 0.2) is 31.0 Å². The molecule has 3 aromatic rings. The first-order valence-electron chi connectivity index (χ1n) is 6.88. The third kappa shape index (κ3) is 3.98. The molecule has 122 valence electrons. The molecule has 0 spiro atoms. The maximum atomic E-state index is 12.0. The molecule has 3 heterocycles. The van der Waals surface area contributed by atoms with Gasteiger partial charge in [-0.1, -0.05) is 11.3 Å². The van der Waals surface area contributed by atoms with Gasteiger partial charge in [0, 0.05) is 6.20 Å². The van der Waals surface area contributed by atoms with Crippen molar-refractivity contribution in [2.45, 2.75) is 13.8 Å². The third-order valence-electron chi connectivity index (χ3n) is 2.72. The van der Waals surface area contributed by atoms with Crippen LogP contribution in [0.4, 0.5) is 21.3 Å². The largest absolute Gasteiger partial charge is 0.419 e. The molecule has 0 unspecified atom stereocenters. The van der Waals surface area contributed by atoms with Crippen molar-refractivity contribution in [3.63, 3.8) is 0 Å². The van der Waals surface area contributed by atoms with Gasteiger partial charge in [-0.15, -0.1) is 0 Å². The van der Waals surface area contributed by atoms with Crippen LogP contribution in [-0.4, -0.2) is 31.0 Å². The number of amides is 1. The molecule has 0 aliphatic rings. The normalized spacial score (nSPS) is 10.2. The lowest BCUT2D eigenvalue weighted by atomic mass is 10.5. The summed E-state index contributed by atoms with van der Waals surface area (Å²) >= 11 is 1.35. The van der Waals surface area contributed by atoms with E-state index in [4.69, 9.17) is 4.74 Å². The minimum absolute atomic E-state index is 0.171. The Balaban J connectivity index is 1.71. The highest BCUT2D eigenvalue weighted by molar-refractivity contribution is 7.16. The molecule has 2 N–H and O–H groups in total. The minimum atomic E-state index is -0.689. The van der Waals surface area contributed by atoms with E-state index in [1.165, 1.54) is 17.7 Å². The quantitative estimate of drug-likeness (QED) is 0.743. The summed E-state index contributed by atoms with van der Waals surface area (Å²) in [6.45, 7) is 3.54. The van der Waals surface area contributed by atoms with Crippen LogP contribution in [0.5, 0.6) is 5.88 Å². The van der Waals surface area contributed by atoms with Gasteiger partial charge in [-0.05, 0) is 19.9 Å². The number of nitrogens with one attached hydrogen (secondary N) is 2. The topological polar surface area (TPSA) is 115 Å². The maximum Gasteiger partial charge on any atom is 0.419 e. The number of hydrogen-bond donors (Lipinski definition) is 2. The third-order valence-corrected chi connectivity index (χ3v) is 3.58. The van der Waals surface area contributed by atoms with Gasteiger partial charge >= 0.3 is 6.09 Å². The molecular weight excluding hydrogens is 330 g/mol. The van der Waals surface area contributed by atoms with Crippen LogP contribution in [0.3, 0.4) is 0 Å². The summed E-state index contributed by atoms with van der Waals surface area (Å²) in [5.74, 6) is 1.07. The van der Waals surface area contributed by atoms with E-state index < -0.39 is 6.09 Å². The van der Waals surface area contributed by atoms with Crippen molar-refractivity contribution < 1.29 is 9.53 Å².